The first-order valence-electron chi connectivity index (χ1n) is 5.66. The molecular formula is C14H12FN3. The lowest BCUT2D eigenvalue weighted by atomic mass is 10.2. The van der Waals surface area contributed by atoms with Crippen LogP contribution >= 0.6 is 0 Å². The van der Waals surface area contributed by atoms with Gasteiger partial charge in [0, 0.05) is 0 Å². The summed E-state index contributed by atoms with van der Waals surface area (Å²) in [6.45, 7) is 1.85. The van der Waals surface area contributed by atoms with Crippen LogP contribution in [0.1, 0.15) is 5.56 Å². The largest absolute Gasteiger partial charge is 0.369 e. The molecule has 0 unspecified atom stereocenters. The average molecular weight is 241 g/mol. The molecule has 3 rings (SSSR count). The number of aryl methyl sites for hydroxylation is 1. The highest BCUT2D eigenvalue weighted by Crippen LogP contribution is 2.25. The number of imidazole rings is 1. The summed E-state index contributed by atoms with van der Waals surface area (Å²) >= 11 is 0. The Morgan fingerprint density at radius 3 is 2.72 bits per heavy atom. The maximum Gasteiger partial charge on any atom is 0.205 e. The number of halogens is 1. The molecule has 0 bridgehead atoms. The number of anilines is 1. The molecule has 0 aliphatic carbocycles. The van der Waals surface area contributed by atoms with Crippen LogP contribution in [-0.2, 0) is 0 Å². The van der Waals surface area contributed by atoms with Gasteiger partial charge in [-0.3, -0.25) is 4.57 Å². The summed E-state index contributed by atoms with van der Waals surface area (Å²) in [7, 11) is 0. The Balaban J connectivity index is 2.34. The molecule has 2 N–H and O–H groups in total. The second kappa shape index (κ2) is 3.84. The van der Waals surface area contributed by atoms with Gasteiger partial charge in [0.15, 0.2) is 0 Å². The van der Waals surface area contributed by atoms with E-state index in [1.165, 1.54) is 12.1 Å². The Kier molecular flexibility index (Phi) is 2.30. The fourth-order valence-electron chi connectivity index (χ4n) is 2.17. The average Bonchev–Trinajstić information content (AvgIpc) is 2.66. The maximum absolute atomic E-state index is 13.1. The summed E-state index contributed by atoms with van der Waals surface area (Å²) in [6, 6.07) is 12.3. The number of hydrogen-bond acceptors (Lipinski definition) is 2. The van der Waals surface area contributed by atoms with Gasteiger partial charge in [-0.15, -0.1) is 0 Å². The number of para-hydroxylation sites is 2. The maximum atomic E-state index is 13.1. The van der Waals surface area contributed by atoms with Gasteiger partial charge in [-0.1, -0.05) is 12.1 Å². The van der Waals surface area contributed by atoms with Gasteiger partial charge in [0.2, 0.25) is 5.95 Å². The fraction of sp³-hybridized carbons (Fsp3) is 0.0714. The predicted octanol–water partition coefficient (Wildman–Crippen LogP) is 3.06. The molecule has 0 aliphatic heterocycles. The number of fused-ring (bicyclic) bond motifs is 1. The van der Waals surface area contributed by atoms with Gasteiger partial charge in [0.25, 0.3) is 0 Å². The zero-order chi connectivity index (χ0) is 12.7. The number of benzene rings is 2. The summed E-state index contributed by atoms with van der Waals surface area (Å²) in [5.41, 5.74) is 9.38. The predicted molar refractivity (Wildman–Crippen MR) is 70.2 cm³/mol. The number of nitrogen functional groups attached to an aromatic ring is 1. The lowest BCUT2D eigenvalue weighted by Crippen LogP contribution is -2.02. The van der Waals surface area contributed by atoms with E-state index < -0.39 is 0 Å². The fourth-order valence-corrected chi connectivity index (χ4v) is 2.17. The minimum atomic E-state index is -0.251. The topological polar surface area (TPSA) is 43.8 Å². The molecule has 18 heavy (non-hydrogen) atoms. The first kappa shape index (κ1) is 10.8. The van der Waals surface area contributed by atoms with Crippen molar-refractivity contribution in [3.05, 3.63) is 53.8 Å². The first-order valence-corrected chi connectivity index (χ1v) is 5.66. The van der Waals surface area contributed by atoms with E-state index in [2.05, 4.69) is 4.98 Å². The van der Waals surface area contributed by atoms with Crippen LogP contribution < -0.4 is 5.73 Å². The minimum Gasteiger partial charge on any atom is -0.369 e. The second-order valence-electron chi connectivity index (χ2n) is 4.22. The molecule has 90 valence electrons. The molecule has 0 atom stereocenters. The third-order valence-corrected chi connectivity index (χ3v) is 2.99. The summed E-state index contributed by atoms with van der Waals surface area (Å²) < 4.78 is 15.0. The molecule has 4 heteroatoms. The van der Waals surface area contributed by atoms with E-state index in [0.29, 0.717) is 5.95 Å². The normalized spacial score (nSPS) is 11.0. The third-order valence-electron chi connectivity index (χ3n) is 2.99. The van der Waals surface area contributed by atoms with Gasteiger partial charge in [0.05, 0.1) is 16.7 Å². The molecule has 0 saturated heterocycles. The van der Waals surface area contributed by atoms with E-state index in [0.717, 1.165) is 22.3 Å². The molecule has 0 aliphatic rings. The van der Waals surface area contributed by atoms with Crippen molar-refractivity contribution >= 4 is 17.0 Å². The van der Waals surface area contributed by atoms with Gasteiger partial charge >= 0.3 is 0 Å². The Morgan fingerprint density at radius 2 is 1.94 bits per heavy atom. The summed E-state index contributed by atoms with van der Waals surface area (Å²) in [5.74, 6) is 0.158. The Labute approximate surface area is 104 Å². The molecule has 1 heterocycles. The van der Waals surface area contributed by atoms with Crippen molar-refractivity contribution in [1.29, 1.82) is 0 Å². The molecule has 3 aromatic rings. The molecule has 0 radical (unpaired) electrons. The zero-order valence-electron chi connectivity index (χ0n) is 9.89. The number of rotatable bonds is 1. The molecule has 0 saturated carbocycles. The van der Waals surface area contributed by atoms with Crippen LogP contribution in [-0.4, -0.2) is 9.55 Å². The van der Waals surface area contributed by atoms with Crippen molar-refractivity contribution in [3.8, 4) is 5.69 Å². The van der Waals surface area contributed by atoms with E-state index in [9.17, 15) is 4.39 Å². The van der Waals surface area contributed by atoms with E-state index in [1.807, 2.05) is 35.8 Å². The third kappa shape index (κ3) is 1.54. The Hall–Kier alpha value is -2.36. The van der Waals surface area contributed by atoms with Crippen molar-refractivity contribution in [2.24, 2.45) is 0 Å². The van der Waals surface area contributed by atoms with Gasteiger partial charge < -0.3 is 5.73 Å². The van der Waals surface area contributed by atoms with Crippen molar-refractivity contribution < 1.29 is 4.39 Å². The molecule has 2 aromatic carbocycles. The van der Waals surface area contributed by atoms with Crippen LogP contribution in [0.5, 0.6) is 0 Å². The zero-order valence-corrected chi connectivity index (χ0v) is 9.89. The summed E-state index contributed by atoms with van der Waals surface area (Å²) in [6.07, 6.45) is 0. The van der Waals surface area contributed by atoms with E-state index in [4.69, 9.17) is 5.73 Å². The lowest BCUT2D eigenvalue weighted by Gasteiger charge is -2.09. The SMILES string of the molecule is Cc1cc(F)ccc1-n1c(N)nc2ccccc21. The molecule has 3 nitrogen and oxygen atoms in total. The smallest absolute Gasteiger partial charge is 0.205 e. The van der Waals surface area contributed by atoms with Gasteiger partial charge in [0.1, 0.15) is 5.82 Å². The monoisotopic (exact) mass is 241 g/mol. The summed E-state index contributed by atoms with van der Waals surface area (Å²) in [4.78, 5) is 4.30. The summed E-state index contributed by atoms with van der Waals surface area (Å²) in [5, 5.41) is 0. The quantitative estimate of drug-likeness (QED) is 0.711. The Morgan fingerprint density at radius 1 is 1.17 bits per heavy atom. The minimum absolute atomic E-state index is 0.251. The second-order valence-corrected chi connectivity index (χ2v) is 4.22. The number of nitrogens with two attached hydrogens (primary N) is 1. The van der Waals surface area contributed by atoms with Crippen LogP contribution in [0.4, 0.5) is 10.3 Å². The van der Waals surface area contributed by atoms with Crippen molar-refractivity contribution in [2.75, 3.05) is 5.73 Å². The molecule has 0 spiro atoms. The highest BCUT2D eigenvalue weighted by molar-refractivity contribution is 5.81. The molecule has 0 fully saturated rings. The van der Waals surface area contributed by atoms with Gasteiger partial charge in [-0.25, -0.2) is 9.37 Å². The van der Waals surface area contributed by atoms with Crippen molar-refractivity contribution in [2.45, 2.75) is 6.92 Å². The highest BCUT2D eigenvalue weighted by atomic mass is 19.1. The molecular weight excluding hydrogens is 229 g/mol. The van der Waals surface area contributed by atoms with E-state index >= 15 is 0 Å². The van der Waals surface area contributed by atoms with Crippen LogP contribution in [0.15, 0.2) is 42.5 Å². The number of nitrogens with zero attached hydrogens (tertiary/aromatic N) is 2. The lowest BCUT2D eigenvalue weighted by molar-refractivity contribution is 0.626. The molecule has 0 amide bonds. The van der Waals surface area contributed by atoms with Crippen LogP contribution in [0.3, 0.4) is 0 Å². The van der Waals surface area contributed by atoms with E-state index in [-0.39, 0.29) is 5.82 Å². The number of aromatic nitrogens is 2. The first-order chi connectivity index (χ1) is 8.66. The van der Waals surface area contributed by atoms with Gasteiger partial charge in [-0.2, -0.15) is 0 Å². The standard InChI is InChI=1S/C14H12FN3/c1-9-8-10(15)6-7-12(9)18-13-5-3-2-4-11(13)17-14(18)16/h2-8H,1H3,(H2,16,17). The Bertz CT molecular complexity index is 731. The number of hydrogen-bond donors (Lipinski definition) is 1. The van der Waals surface area contributed by atoms with Crippen LogP contribution in [0.2, 0.25) is 0 Å². The van der Waals surface area contributed by atoms with Crippen LogP contribution in [0, 0.1) is 12.7 Å². The van der Waals surface area contributed by atoms with Crippen molar-refractivity contribution in [3.63, 3.8) is 0 Å². The highest BCUT2D eigenvalue weighted by Gasteiger charge is 2.11. The van der Waals surface area contributed by atoms with Gasteiger partial charge in [-0.05, 0) is 42.8 Å². The van der Waals surface area contributed by atoms with Crippen molar-refractivity contribution in [1.82, 2.24) is 9.55 Å². The van der Waals surface area contributed by atoms with Crippen LogP contribution in [0.25, 0.3) is 16.7 Å². The molecule has 1 aromatic heterocycles. The van der Waals surface area contributed by atoms with E-state index in [1.54, 1.807) is 6.07 Å².